The minimum atomic E-state index is -0.349. The molecule has 0 atom stereocenters. The molecule has 3 heteroatoms. The SMILES string of the molecule is NC(=O)[CH]C1COC1. The van der Waals surface area contributed by atoms with Crippen LogP contribution in [0.15, 0.2) is 0 Å². The van der Waals surface area contributed by atoms with E-state index in [0.29, 0.717) is 13.2 Å². The molecular weight excluding hydrogens is 106 g/mol. The van der Waals surface area contributed by atoms with Gasteiger partial charge in [0.15, 0.2) is 0 Å². The van der Waals surface area contributed by atoms with Crippen molar-refractivity contribution in [3.05, 3.63) is 6.42 Å². The predicted molar refractivity (Wildman–Crippen MR) is 27.8 cm³/mol. The average Bonchev–Trinajstić information content (AvgIpc) is 1.55. The predicted octanol–water partition coefficient (Wildman–Crippen LogP) is -0.678. The first kappa shape index (κ1) is 5.56. The van der Waals surface area contributed by atoms with Crippen molar-refractivity contribution in [2.75, 3.05) is 13.2 Å². The van der Waals surface area contributed by atoms with Crippen LogP contribution < -0.4 is 5.73 Å². The van der Waals surface area contributed by atoms with Crippen LogP contribution in [0, 0.1) is 12.3 Å². The summed E-state index contributed by atoms with van der Waals surface area (Å²) >= 11 is 0. The van der Waals surface area contributed by atoms with Gasteiger partial charge in [0.05, 0.1) is 19.6 Å². The van der Waals surface area contributed by atoms with Gasteiger partial charge in [0.2, 0.25) is 5.91 Å². The third kappa shape index (κ3) is 1.20. The summed E-state index contributed by atoms with van der Waals surface area (Å²) in [5.41, 5.74) is 4.85. The van der Waals surface area contributed by atoms with Crippen LogP contribution >= 0.6 is 0 Å². The zero-order valence-corrected chi connectivity index (χ0v) is 4.46. The number of hydrogen-bond acceptors (Lipinski definition) is 2. The van der Waals surface area contributed by atoms with Crippen LogP contribution in [0.1, 0.15) is 0 Å². The molecule has 1 radical (unpaired) electrons. The Balaban J connectivity index is 2.09. The van der Waals surface area contributed by atoms with Crippen LogP contribution in [0.5, 0.6) is 0 Å². The van der Waals surface area contributed by atoms with E-state index >= 15 is 0 Å². The molecule has 0 aromatic rings. The van der Waals surface area contributed by atoms with Crippen molar-refractivity contribution in [3.8, 4) is 0 Å². The van der Waals surface area contributed by atoms with Gasteiger partial charge in [0, 0.05) is 5.92 Å². The summed E-state index contributed by atoms with van der Waals surface area (Å²) in [6.07, 6.45) is 1.49. The van der Waals surface area contributed by atoms with Gasteiger partial charge in [-0.05, 0) is 0 Å². The van der Waals surface area contributed by atoms with Gasteiger partial charge in [-0.1, -0.05) is 0 Å². The number of ether oxygens (including phenoxy) is 1. The van der Waals surface area contributed by atoms with E-state index in [1.807, 2.05) is 0 Å². The summed E-state index contributed by atoms with van der Waals surface area (Å²) in [5, 5.41) is 0. The number of hydrogen-bond donors (Lipinski definition) is 1. The molecule has 8 heavy (non-hydrogen) atoms. The quantitative estimate of drug-likeness (QED) is 0.517. The normalized spacial score (nSPS) is 20.0. The van der Waals surface area contributed by atoms with Crippen molar-refractivity contribution in [2.45, 2.75) is 0 Å². The molecule has 0 aromatic carbocycles. The Labute approximate surface area is 47.8 Å². The van der Waals surface area contributed by atoms with E-state index in [1.54, 1.807) is 0 Å². The number of nitrogens with two attached hydrogens (primary N) is 1. The molecule has 45 valence electrons. The van der Waals surface area contributed by atoms with E-state index in [1.165, 1.54) is 6.42 Å². The zero-order valence-electron chi connectivity index (χ0n) is 4.46. The molecule has 0 aromatic heterocycles. The van der Waals surface area contributed by atoms with Gasteiger partial charge in [-0.25, -0.2) is 0 Å². The zero-order chi connectivity index (χ0) is 5.98. The lowest BCUT2D eigenvalue weighted by Gasteiger charge is -2.23. The van der Waals surface area contributed by atoms with Crippen LogP contribution in [-0.2, 0) is 9.53 Å². The second-order valence-electron chi connectivity index (χ2n) is 1.87. The van der Waals surface area contributed by atoms with Crippen LogP contribution in [-0.4, -0.2) is 19.1 Å². The van der Waals surface area contributed by atoms with Crippen LogP contribution in [0.25, 0.3) is 0 Å². The maximum atomic E-state index is 10.1. The summed E-state index contributed by atoms with van der Waals surface area (Å²) in [4.78, 5) is 10.1. The third-order valence-corrected chi connectivity index (χ3v) is 1.06. The lowest BCUT2D eigenvalue weighted by atomic mass is 10.0. The fraction of sp³-hybridized carbons (Fsp3) is 0.600. The Morgan fingerprint density at radius 3 is 2.50 bits per heavy atom. The summed E-state index contributed by atoms with van der Waals surface area (Å²) in [7, 11) is 0. The fourth-order valence-electron chi connectivity index (χ4n) is 0.582. The molecule has 0 aliphatic carbocycles. The highest BCUT2D eigenvalue weighted by molar-refractivity contribution is 5.83. The first-order valence-corrected chi connectivity index (χ1v) is 2.51. The Bertz CT molecular complexity index is 98.6. The van der Waals surface area contributed by atoms with Crippen LogP contribution in [0.3, 0.4) is 0 Å². The maximum Gasteiger partial charge on any atom is 0.221 e. The molecule has 0 bridgehead atoms. The lowest BCUT2D eigenvalue weighted by molar-refractivity contribution is -0.117. The summed E-state index contributed by atoms with van der Waals surface area (Å²) in [5.74, 6) is -0.0641. The Morgan fingerprint density at radius 1 is 1.75 bits per heavy atom. The lowest BCUT2D eigenvalue weighted by Crippen LogP contribution is -2.32. The highest BCUT2D eigenvalue weighted by Crippen LogP contribution is 2.11. The largest absolute Gasteiger partial charge is 0.381 e. The van der Waals surface area contributed by atoms with Gasteiger partial charge in [-0.2, -0.15) is 0 Å². The van der Waals surface area contributed by atoms with Gasteiger partial charge < -0.3 is 10.5 Å². The molecule has 0 spiro atoms. The topological polar surface area (TPSA) is 52.3 Å². The van der Waals surface area contributed by atoms with Crippen molar-refractivity contribution in [3.63, 3.8) is 0 Å². The highest BCUT2D eigenvalue weighted by Gasteiger charge is 2.20. The first-order valence-electron chi connectivity index (χ1n) is 2.51. The molecule has 1 heterocycles. The molecule has 1 aliphatic rings. The minimum Gasteiger partial charge on any atom is -0.381 e. The molecule has 2 N–H and O–H groups in total. The maximum absolute atomic E-state index is 10.1. The van der Waals surface area contributed by atoms with E-state index in [0.717, 1.165) is 0 Å². The van der Waals surface area contributed by atoms with Crippen molar-refractivity contribution < 1.29 is 9.53 Å². The molecule has 3 nitrogen and oxygen atoms in total. The molecule has 0 unspecified atom stereocenters. The van der Waals surface area contributed by atoms with Crippen molar-refractivity contribution in [1.82, 2.24) is 0 Å². The Hall–Kier alpha value is -0.570. The number of amides is 1. The first-order chi connectivity index (χ1) is 3.79. The third-order valence-electron chi connectivity index (χ3n) is 1.06. The minimum absolute atomic E-state index is 0.285. The van der Waals surface area contributed by atoms with E-state index in [-0.39, 0.29) is 11.8 Å². The van der Waals surface area contributed by atoms with Gasteiger partial charge in [-0.3, -0.25) is 4.79 Å². The van der Waals surface area contributed by atoms with Crippen molar-refractivity contribution >= 4 is 5.91 Å². The van der Waals surface area contributed by atoms with E-state index in [9.17, 15) is 4.79 Å². The number of carbonyl (C=O) groups excluding carboxylic acids is 1. The molecule has 1 aliphatic heterocycles. The van der Waals surface area contributed by atoms with E-state index < -0.39 is 0 Å². The highest BCUT2D eigenvalue weighted by atomic mass is 16.5. The summed E-state index contributed by atoms with van der Waals surface area (Å²) in [6.45, 7) is 1.31. The molecule has 0 saturated carbocycles. The second kappa shape index (κ2) is 2.13. The van der Waals surface area contributed by atoms with Crippen LogP contribution in [0.4, 0.5) is 0 Å². The average molecular weight is 114 g/mol. The number of carbonyl (C=O) groups is 1. The smallest absolute Gasteiger partial charge is 0.221 e. The molecular formula is C5H8NO2. The number of rotatable bonds is 2. The standard InChI is InChI=1S/C5H8NO2/c6-5(7)1-4-2-8-3-4/h1,4H,2-3H2,(H2,6,7). The summed E-state index contributed by atoms with van der Waals surface area (Å²) in [6, 6.07) is 0. The second-order valence-corrected chi connectivity index (χ2v) is 1.87. The van der Waals surface area contributed by atoms with Gasteiger partial charge in [-0.15, -0.1) is 0 Å². The monoisotopic (exact) mass is 114 g/mol. The van der Waals surface area contributed by atoms with E-state index in [2.05, 4.69) is 0 Å². The van der Waals surface area contributed by atoms with Gasteiger partial charge in [0.25, 0.3) is 0 Å². The number of primary amides is 1. The fourth-order valence-corrected chi connectivity index (χ4v) is 0.582. The Morgan fingerprint density at radius 2 is 2.38 bits per heavy atom. The molecule has 1 saturated heterocycles. The van der Waals surface area contributed by atoms with Gasteiger partial charge >= 0.3 is 0 Å². The molecule has 1 amide bonds. The van der Waals surface area contributed by atoms with E-state index in [4.69, 9.17) is 10.5 Å². The summed E-state index contributed by atoms with van der Waals surface area (Å²) < 4.78 is 4.80. The Kier molecular flexibility index (Phi) is 1.48. The molecule has 1 rings (SSSR count). The van der Waals surface area contributed by atoms with Crippen molar-refractivity contribution in [1.29, 1.82) is 0 Å². The van der Waals surface area contributed by atoms with Crippen molar-refractivity contribution in [2.24, 2.45) is 11.7 Å². The molecule has 1 fully saturated rings. The van der Waals surface area contributed by atoms with Gasteiger partial charge in [0.1, 0.15) is 0 Å². The van der Waals surface area contributed by atoms with Crippen LogP contribution in [0.2, 0.25) is 0 Å².